The van der Waals surface area contributed by atoms with E-state index in [9.17, 15) is 9.90 Å². The van der Waals surface area contributed by atoms with Gasteiger partial charge in [-0.3, -0.25) is 9.78 Å². The highest BCUT2D eigenvalue weighted by Gasteiger charge is 2.59. The molecule has 5 aliphatic rings. The number of aliphatic hydroxyl groups excluding tert-OH is 1. The third-order valence-corrected chi connectivity index (χ3v) is 12.6. The zero-order valence-corrected chi connectivity index (χ0v) is 25.3. The molecule has 1 aromatic heterocycles. The minimum atomic E-state index is -0.127. The van der Waals surface area contributed by atoms with Gasteiger partial charge in [0.25, 0.3) is 0 Å². The van der Waals surface area contributed by atoms with E-state index in [1.54, 1.807) is 18.9 Å². The van der Waals surface area contributed by atoms with Gasteiger partial charge in [0.1, 0.15) is 5.75 Å². The minimum absolute atomic E-state index is 0.127. The first-order valence-electron chi connectivity index (χ1n) is 16.1. The number of fused-ring (bicyclic) bond motifs is 5. The van der Waals surface area contributed by atoms with Crippen molar-refractivity contribution in [2.75, 3.05) is 38.2 Å². The number of carbonyl (C=O) groups excluding carboxylic acids is 1. The summed E-state index contributed by atoms with van der Waals surface area (Å²) in [5.74, 6) is 4.89. The lowest BCUT2D eigenvalue weighted by Crippen LogP contribution is -2.51. The smallest absolute Gasteiger partial charge is 0.222 e. The van der Waals surface area contributed by atoms with Crippen LogP contribution in [0.5, 0.6) is 5.75 Å². The lowest BCUT2D eigenvalue weighted by molar-refractivity contribution is -0.132. The number of amides is 1. The highest BCUT2D eigenvalue weighted by molar-refractivity contribution is 5.76. The number of hydrogen-bond acceptors (Lipinski definition) is 5. The molecule has 0 radical (unpaired) electrons. The molecule has 1 N–H and O–H groups in total. The van der Waals surface area contributed by atoms with Gasteiger partial charge in [0.15, 0.2) is 0 Å². The van der Waals surface area contributed by atoms with Gasteiger partial charge in [-0.2, -0.15) is 0 Å². The zero-order chi connectivity index (χ0) is 28.1. The first-order chi connectivity index (χ1) is 19.2. The van der Waals surface area contributed by atoms with Crippen LogP contribution in [0.15, 0.2) is 30.1 Å². The van der Waals surface area contributed by atoms with E-state index < -0.39 is 0 Å². The molecule has 6 heteroatoms. The van der Waals surface area contributed by atoms with Gasteiger partial charge < -0.3 is 19.6 Å². The summed E-state index contributed by atoms with van der Waals surface area (Å²) < 4.78 is 5.52. The molecule has 40 heavy (non-hydrogen) atoms. The van der Waals surface area contributed by atoms with Crippen molar-refractivity contribution in [3.05, 3.63) is 30.1 Å². The van der Waals surface area contributed by atoms with E-state index in [0.29, 0.717) is 29.1 Å². The number of methoxy groups -OCH3 is 1. The first kappa shape index (κ1) is 28.1. The summed E-state index contributed by atoms with van der Waals surface area (Å²) in [6.45, 7) is 10.8. The molecule has 6 rings (SSSR count). The van der Waals surface area contributed by atoms with E-state index in [2.05, 4.69) is 41.6 Å². The zero-order valence-electron chi connectivity index (χ0n) is 25.3. The van der Waals surface area contributed by atoms with Crippen molar-refractivity contribution in [2.24, 2.45) is 40.4 Å². The molecule has 1 aliphatic heterocycles. The van der Waals surface area contributed by atoms with E-state index >= 15 is 0 Å². The number of aliphatic hydroxyl groups is 1. The summed E-state index contributed by atoms with van der Waals surface area (Å²) in [5, 5.41) is 10.3. The second-order valence-electron chi connectivity index (χ2n) is 14.3. The Labute approximate surface area is 241 Å². The van der Waals surface area contributed by atoms with E-state index in [1.165, 1.54) is 32.1 Å². The maximum atomic E-state index is 13.3. The molecule has 220 valence electrons. The molecule has 0 bridgehead atoms. The Bertz CT molecular complexity index is 1110. The van der Waals surface area contributed by atoms with Crippen molar-refractivity contribution in [3.8, 4) is 5.75 Å². The maximum absolute atomic E-state index is 13.3. The second kappa shape index (κ2) is 11.0. The number of carbonyl (C=O) groups is 1. The highest BCUT2D eigenvalue weighted by atomic mass is 16.5. The molecular weight excluding hydrogens is 498 g/mol. The second-order valence-corrected chi connectivity index (χ2v) is 14.3. The van der Waals surface area contributed by atoms with Crippen LogP contribution in [-0.4, -0.2) is 60.3 Å². The fourth-order valence-electron chi connectivity index (χ4n) is 10.3. The van der Waals surface area contributed by atoms with Crippen LogP contribution in [0.1, 0.15) is 85.0 Å². The fourth-order valence-corrected chi connectivity index (χ4v) is 10.3. The van der Waals surface area contributed by atoms with E-state index in [1.807, 2.05) is 12.3 Å². The van der Waals surface area contributed by atoms with Gasteiger partial charge in [0.2, 0.25) is 5.91 Å². The Morgan fingerprint density at radius 3 is 2.70 bits per heavy atom. The average molecular weight is 550 g/mol. The fraction of sp³-hybridized carbons (Fsp3) is 0.765. The van der Waals surface area contributed by atoms with Crippen LogP contribution in [0, 0.1) is 40.4 Å². The summed E-state index contributed by atoms with van der Waals surface area (Å²) >= 11 is 0. The Hall–Kier alpha value is -2.08. The number of hydrogen-bond donors (Lipinski definition) is 1. The topological polar surface area (TPSA) is 65.9 Å². The molecule has 1 saturated heterocycles. The number of nitrogens with zero attached hydrogens (tertiary/aromatic N) is 3. The number of aromatic nitrogens is 1. The highest BCUT2D eigenvalue weighted by Crippen LogP contribution is 2.67. The summed E-state index contributed by atoms with van der Waals surface area (Å²) in [6, 6.07) is 1.90. The number of anilines is 1. The molecule has 1 unspecified atom stereocenters. The van der Waals surface area contributed by atoms with Crippen molar-refractivity contribution in [1.82, 2.24) is 9.88 Å². The van der Waals surface area contributed by atoms with Crippen molar-refractivity contribution in [1.29, 1.82) is 0 Å². The number of pyridine rings is 1. The van der Waals surface area contributed by atoms with Gasteiger partial charge in [0.05, 0.1) is 25.1 Å². The van der Waals surface area contributed by atoms with Gasteiger partial charge in [-0.25, -0.2) is 0 Å². The molecule has 0 spiro atoms. The number of allylic oxidation sites excluding steroid dienone is 1. The lowest BCUT2D eigenvalue weighted by Gasteiger charge is -2.58. The van der Waals surface area contributed by atoms with Crippen LogP contribution in [0.25, 0.3) is 0 Å². The third kappa shape index (κ3) is 4.76. The van der Waals surface area contributed by atoms with Gasteiger partial charge in [0, 0.05) is 44.9 Å². The molecule has 8 atom stereocenters. The Kier molecular flexibility index (Phi) is 7.69. The van der Waals surface area contributed by atoms with Crippen LogP contribution in [-0.2, 0) is 4.79 Å². The molecule has 4 aliphatic carbocycles. The van der Waals surface area contributed by atoms with Crippen molar-refractivity contribution in [2.45, 2.75) is 91.1 Å². The monoisotopic (exact) mass is 549 g/mol. The molecule has 1 amide bonds. The molecule has 1 aromatic rings. The summed E-state index contributed by atoms with van der Waals surface area (Å²) in [4.78, 5) is 21.9. The largest absolute Gasteiger partial charge is 0.494 e. The van der Waals surface area contributed by atoms with Gasteiger partial charge >= 0.3 is 0 Å². The summed E-state index contributed by atoms with van der Waals surface area (Å²) in [6.07, 6.45) is 17.4. The van der Waals surface area contributed by atoms with Crippen molar-refractivity contribution < 1.29 is 14.6 Å². The van der Waals surface area contributed by atoms with E-state index in [0.717, 1.165) is 87.0 Å². The predicted molar refractivity (Wildman–Crippen MR) is 159 cm³/mol. The molecule has 2 heterocycles. The van der Waals surface area contributed by atoms with Crippen LogP contribution in [0.2, 0.25) is 0 Å². The molecule has 0 aromatic carbocycles. The quantitative estimate of drug-likeness (QED) is 0.435. The summed E-state index contributed by atoms with van der Waals surface area (Å²) in [5.41, 5.74) is 3.31. The minimum Gasteiger partial charge on any atom is -0.494 e. The van der Waals surface area contributed by atoms with E-state index in [4.69, 9.17) is 4.74 Å². The summed E-state index contributed by atoms with van der Waals surface area (Å²) in [7, 11) is 1.70. The van der Waals surface area contributed by atoms with Crippen LogP contribution >= 0.6 is 0 Å². The molecule has 6 nitrogen and oxygen atoms in total. The molecule has 3 saturated carbocycles. The Balaban J connectivity index is 1.04. The van der Waals surface area contributed by atoms with Crippen LogP contribution < -0.4 is 9.64 Å². The first-order valence-corrected chi connectivity index (χ1v) is 16.1. The predicted octanol–water partition coefficient (Wildman–Crippen LogP) is 6.10. The Morgan fingerprint density at radius 2 is 1.93 bits per heavy atom. The number of rotatable bonds is 6. The lowest BCUT2D eigenvalue weighted by atomic mass is 9.47. The Morgan fingerprint density at radius 1 is 1.12 bits per heavy atom. The maximum Gasteiger partial charge on any atom is 0.222 e. The average Bonchev–Trinajstić information content (AvgIpc) is 3.33. The van der Waals surface area contributed by atoms with Gasteiger partial charge in [-0.15, -0.1) is 0 Å². The standard InChI is InChI=1S/C34H51N3O3/c1-23(5-10-32(39)37-19-17-36(18-20-37)30-22-35-16-13-31(30)40-4)27-8-9-28-26-7-6-24-21-25(38)11-14-33(24,2)29(26)12-15-34(27,28)3/h6,13,16,22-23,25-29,38H,5,7-12,14-15,17-21H2,1-4H3/t23?,25-,26-,27+,28-,29-,33-,34+/m0/s1. The van der Waals surface area contributed by atoms with Crippen molar-refractivity contribution >= 4 is 11.6 Å². The molecular formula is C34H51N3O3. The van der Waals surface area contributed by atoms with E-state index in [-0.39, 0.29) is 6.10 Å². The number of piperazine rings is 1. The SMILES string of the molecule is COc1ccncc1N1CCN(C(=O)CCC(C)[C@H]2CC[C@H]3[C@@H]4CC=C5C[C@@H](O)CC[C@]5(C)[C@H]4CC[C@]23C)CC1. The number of ether oxygens (including phenoxy) is 1. The van der Waals surface area contributed by atoms with Crippen LogP contribution in [0.4, 0.5) is 5.69 Å². The third-order valence-electron chi connectivity index (χ3n) is 12.6. The molecule has 4 fully saturated rings. The normalized spacial score (nSPS) is 38.1. The van der Waals surface area contributed by atoms with Crippen LogP contribution in [0.3, 0.4) is 0 Å². The van der Waals surface area contributed by atoms with Crippen molar-refractivity contribution in [3.63, 3.8) is 0 Å². The van der Waals surface area contributed by atoms with Gasteiger partial charge in [-0.1, -0.05) is 32.4 Å². The van der Waals surface area contributed by atoms with Gasteiger partial charge in [-0.05, 0) is 98.2 Å².